The van der Waals surface area contributed by atoms with Gasteiger partial charge in [0.25, 0.3) is 5.91 Å². The fourth-order valence-corrected chi connectivity index (χ4v) is 9.94. The highest BCUT2D eigenvalue weighted by Gasteiger charge is 2.57. The Morgan fingerprint density at radius 2 is 1.79 bits per heavy atom. The Morgan fingerprint density at radius 3 is 2.38 bits per heavy atom. The average Bonchev–Trinajstić information content (AvgIpc) is 3.83. The first-order valence-electron chi connectivity index (χ1n) is 20.3. The van der Waals surface area contributed by atoms with Crippen molar-refractivity contribution in [2.45, 2.75) is 90.3 Å². The van der Waals surface area contributed by atoms with Gasteiger partial charge in [-0.15, -0.1) is 0 Å². The molecule has 7 rings (SSSR count). The largest absolute Gasteiger partial charge is 0.496 e. The fraction of sp³-hybridized carbons (Fsp3) is 0.651. The van der Waals surface area contributed by atoms with E-state index in [1.165, 1.54) is 6.42 Å². The van der Waals surface area contributed by atoms with E-state index in [-0.39, 0.29) is 42.3 Å². The molecule has 3 aliphatic carbocycles. The minimum absolute atomic E-state index is 0.0219. The van der Waals surface area contributed by atoms with Crippen LogP contribution in [0.5, 0.6) is 5.75 Å². The van der Waals surface area contributed by atoms with Crippen LogP contribution in [0, 0.1) is 29.1 Å². The lowest BCUT2D eigenvalue weighted by atomic mass is 9.45. The van der Waals surface area contributed by atoms with Crippen LogP contribution < -0.4 is 20.3 Å². The van der Waals surface area contributed by atoms with Crippen molar-refractivity contribution in [2.75, 3.05) is 66.4 Å². The van der Waals surface area contributed by atoms with Crippen molar-refractivity contribution in [1.29, 1.82) is 0 Å². The number of hydrogen-bond donors (Lipinski definition) is 4. The zero-order valence-corrected chi connectivity index (χ0v) is 34.7. The van der Waals surface area contributed by atoms with Crippen molar-refractivity contribution in [3.8, 4) is 16.9 Å². The Kier molecular flexibility index (Phi) is 12.7. The zero-order chi connectivity index (χ0) is 40.6. The molecule has 0 aromatic heterocycles. The SMILES string of the molecule is COc1c(CN2O[C@@H](CO)[C@@H]([C@H](C)O)[C@H]2C(=O)N[C@H]2C[C@@H]3C[C@@H]([C@@H]2C)C3(C)C)cccc1-c1cc(C(=O)N[C@H](CN(C)C)C(=O)N2CCCC2)cc(N(C)C)c1. The van der Waals surface area contributed by atoms with Crippen LogP contribution in [0.15, 0.2) is 36.4 Å². The van der Waals surface area contributed by atoms with E-state index < -0.39 is 30.2 Å². The lowest BCUT2D eigenvalue weighted by Gasteiger charge is -2.62. The Morgan fingerprint density at radius 1 is 1.07 bits per heavy atom. The number of rotatable bonds is 14. The van der Waals surface area contributed by atoms with E-state index in [2.05, 4.69) is 31.4 Å². The van der Waals surface area contributed by atoms with Gasteiger partial charge < -0.3 is 40.3 Å². The van der Waals surface area contributed by atoms with Crippen LogP contribution in [0.1, 0.15) is 69.3 Å². The molecule has 0 unspecified atom stereocenters. The standard InChI is InChI=1S/C43H64N6O7/c1-25-33-20-30(43(33,3)4)21-34(25)44-41(53)38-37(26(2)51)36(24-50)56-49(38)22-27-13-12-14-32(39(27)55-9)28-17-29(19-31(18-28)47(7)8)40(52)45-35(23-46(5)6)42(54)48-15-10-11-16-48/h12-14,17-19,25-26,30,33-38,50-51H,10-11,15-16,20-24H2,1-9H3,(H,44,53)(H,45,52)/t25-,26-,30-,33-,34-,35+,36-,37+,38-/m0/s1. The Bertz CT molecular complexity index is 1740. The highest BCUT2D eigenvalue weighted by Crippen LogP contribution is 2.61. The first kappa shape index (κ1) is 41.9. The quantitative estimate of drug-likeness (QED) is 0.225. The van der Waals surface area contributed by atoms with Crippen LogP contribution in [-0.2, 0) is 21.0 Å². The lowest BCUT2D eigenvalue weighted by Crippen LogP contribution is -2.62. The van der Waals surface area contributed by atoms with Gasteiger partial charge in [0.05, 0.1) is 26.4 Å². The number of anilines is 1. The number of benzene rings is 2. The van der Waals surface area contributed by atoms with Crippen molar-refractivity contribution in [3.05, 3.63) is 47.5 Å². The van der Waals surface area contributed by atoms with E-state index in [4.69, 9.17) is 9.57 Å². The number of likely N-dealkylation sites (tertiary alicyclic amines) is 1. The van der Waals surface area contributed by atoms with Gasteiger partial charge in [-0.3, -0.25) is 19.2 Å². The third-order valence-electron chi connectivity index (χ3n) is 13.3. The minimum Gasteiger partial charge on any atom is -0.496 e. The van der Waals surface area contributed by atoms with Crippen LogP contribution >= 0.6 is 0 Å². The predicted molar refractivity (Wildman–Crippen MR) is 216 cm³/mol. The third-order valence-corrected chi connectivity index (χ3v) is 13.3. The second-order valence-corrected chi connectivity index (χ2v) is 17.7. The smallest absolute Gasteiger partial charge is 0.252 e. The number of hydrogen-bond acceptors (Lipinski definition) is 10. The molecule has 2 aromatic rings. The van der Waals surface area contributed by atoms with Gasteiger partial charge in [0.1, 0.15) is 23.9 Å². The molecule has 0 radical (unpaired) electrons. The van der Waals surface area contributed by atoms with Crippen LogP contribution in [-0.4, -0.2) is 135 Å². The number of nitrogens with zero attached hydrogens (tertiary/aromatic N) is 4. The summed E-state index contributed by atoms with van der Waals surface area (Å²) in [7, 11) is 9.17. The second-order valence-electron chi connectivity index (χ2n) is 17.7. The van der Waals surface area contributed by atoms with Gasteiger partial charge in [-0.05, 0) is 93.6 Å². The predicted octanol–water partition coefficient (Wildman–Crippen LogP) is 3.37. The number of methoxy groups -OCH3 is 1. The molecule has 56 heavy (non-hydrogen) atoms. The van der Waals surface area contributed by atoms with E-state index in [1.54, 1.807) is 19.1 Å². The Balaban J connectivity index is 1.28. The van der Waals surface area contributed by atoms with Crippen molar-refractivity contribution in [1.82, 2.24) is 25.5 Å². The molecule has 13 nitrogen and oxygen atoms in total. The maximum atomic E-state index is 14.3. The summed E-state index contributed by atoms with van der Waals surface area (Å²) in [6.45, 7) is 10.1. The summed E-state index contributed by atoms with van der Waals surface area (Å²) in [6.07, 6.45) is 2.34. The van der Waals surface area contributed by atoms with Gasteiger partial charge in [0.15, 0.2) is 0 Å². The molecule has 2 saturated heterocycles. The first-order valence-corrected chi connectivity index (χ1v) is 20.3. The molecule has 2 aliphatic heterocycles. The minimum atomic E-state index is -0.918. The van der Waals surface area contributed by atoms with Gasteiger partial charge in [-0.1, -0.05) is 39.0 Å². The summed E-state index contributed by atoms with van der Waals surface area (Å²) in [5, 5.41) is 29.3. The lowest BCUT2D eigenvalue weighted by molar-refractivity contribution is -0.183. The molecule has 5 fully saturated rings. The van der Waals surface area contributed by atoms with Gasteiger partial charge >= 0.3 is 0 Å². The highest BCUT2D eigenvalue weighted by atomic mass is 16.7. The molecule has 9 atom stereocenters. The molecule has 3 amide bonds. The summed E-state index contributed by atoms with van der Waals surface area (Å²) in [6, 6.07) is 9.80. The molecule has 13 heteroatoms. The Labute approximate surface area is 332 Å². The number of hydroxylamine groups is 2. The number of aliphatic hydroxyl groups is 2. The molecule has 2 aromatic carbocycles. The van der Waals surface area contributed by atoms with E-state index in [0.717, 1.165) is 41.6 Å². The van der Waals surface area contributed by atoms with Crippen LogP contribution in [0.2, 0.25) is 0 Å². The summed E-state index contributed by atoms with van der Waals surface area (Å²) >= 11 is 0. The molecule has 3 saturated carbocycles. The topological polar surface area (TPSA) is 147 Å². The van der Waals surface area contributed by atoms with E-state index in [9.17, 15) is 24.6 Å². The molecule has 4 N–H and O–H groups in total. The maximum Gasteiger partial charge on any atom is 0.252 e. The molecule has 2 heterocycles. The maximum absolute atomic E-state index is 14.3. The molecule has 308 valence electrons. The average molecular weight is 777 g/mol. The van der Waals surface area contributed by atoms with Crippen molar-refractivity contribution >= 4 is 23.4 Å². The highest BCUT2D eigenvalue weighted by molar-refractivity contribution is 6.00. The number of carbonyl (C=O) groups excluding carboxylic acids is 3. The summed E-state index contributed by atoms with van der Waals surface area (Å²) < 4.78 is 6.08. The molecule has 5 aliphatic rings. The van der Waals surface area contributed by atoms with Gasteiger partial charge in [0, 0.05) is 68.1 Å². The molecular formula is C43H64N6O7. The number of amides is 3. The van der Waals surface area contributed by atoms with Gasteiger partial charge in [0.2, 0.25) is 11.8 Å². The summed E-state index contributed by atoms with van der Waals surface area (Å²) in [5.74, 6) is 0.653. The van der Waals surface area contributed by atoms with Crippen molar-refractivity contribution < 1.29 is 34.2 Å². The molecule has 0 spiro atoms. The van der Waals surface area contributed by atoms with Crippen molar-refractivity contribution in [2.24, 2.45) is 29.1 Å². The third kappa shape index (κ3) is 8.29. The number of para-hydroxylation sites is 1. The fourth-order valence-electron chi connectivity index (χ4n) is 9.94. The molecule has 2 bridgehead atoms. The number of carbonyl (C=O) groups is 3. The van der Waals surface area contributed by atoms with Crippen molar-refractivity contribution in [3.63, 3.8) is 0 Å². The van der Waals surface area contributed by atoms with E-state index in [0.29, 0.717) is 48.7 Å². The number of fused-ring (bicyclic) bond motifs is 2. The number of ether oxygens (including phenoxy) is 1. The van der Waals surface area contributed by atoms with Gasteiger partial charge in [-0.25, -0.2) is 0 Å². The number of aliphatic hydroxyl groups excluding tert-OH is 2. The van der Waals surface area contributed by atoms with Crippen LogP contribution in [0.3, 0.4) is 0 Å². The van der Waals surface area contributed by atoms with E-state index in [1.807, 2.05) is 79.3 Å². The second kappa shape index (κ2) is 17.0. The van der Waals surface area contributed by atoms with Crippen LogP contribution in [0.25, 0.3) is 11.1 Å². The normalized spacial score (nSPS) is 28.1. The number of nitrogens with one attached hydrogen (secondary N) is 2. The van der Waals surface area contributed by atoms with Crippen LogP contribution in [0.4, 0.5) is 5.69 Å². The van der Waals surface area contributed by atoms with E-state index >= 15 is 0 Å². The summed E-state index contributed by atoms with van der Waals surface area (Å²) in [5.41, 5.74) is 3.65. The monoisotopic (exact) mass is 776 g/mol. The first-order chi connectivity index (χ1) is 26.5. The number of likely N-dealkylation sites (N-methyl/N-ethyl adjacent to an activating group) is 1. The van der Waals surface area contributed by atoms with Gasteiger partial charge in [-0.2, -0.15) is 5.06 Å². The summed E-state index contributed by atoms with van der Waals surface area (Å²) in [4.78, 5) is 53.7. The Hall–Kier alpha value is -3.75. The molecular weight excluding hydrogens is 713 g/mol. The zero-order valence-electron chi connectivity index (χ0n) is 34.7.